The van der Waals surface area contributed by atoms with Gasteiger partial charge in [-0.2, -0.15) is 17.9 Å². The van der Waals surface area contributed by atoms with E-state index in [0.717, 1.165) is 23.9 Å². The Morgan fingerprint density at radius 2 is 2.19 bits per heavy atom. The Morgan fingerprint density at radius 3 is 2.76 bits per heavy atom. The number of esters is 1. The molecular formula is C11H8BrF3N4O2. The van der Waals surface area contributed by atoms with Gasteiger partial charge in [-0.1, -0.05) is 15.9 Å². The first kappa shape index (κ1) is 15.4. The summed E-state index contributed by atoms with van der Waals surface area (Å²) in [4.78, 5) is 19.1. The highest BCUT2D eigenvalue weighted by Gasteiger charge is 2.36. The van der Waals surface area contributed by atoms with Gasteiger partial charge in [-0.15, -0.1) is 5.10 Å². The van der Waals surface area contributed by atoms with Gasteiger partial charge in [0, 0.05) is 6.20 Å². The van der Waals surface area contributed by atoms with Gasteiger partial charge in [0.1, 0.15) is 5.56 Å². The fourth-order valence-corrected chi connectivity index (χ4v) is 1.81. The van der Waals surface area contributed by atoms with Crippen molar-refractivity contribution in [3.63, 3.8) is 0 Å². The Bertz CT molecular complexity index is 672. The van der Waals surface area contributed by atoms with Crippen LogP contribution in [0.25, 0.3) is 5.82 Å². The van der Waals surface area contributed by atoms with Crippen LogP contribution in [-0.4, -0.2) is 32.8 Å². The molecule has 0 aliphatic rings. The molecule has 0 unspecified atom stereocenters. The lowest BCUT2D eigenvalue weighted by Gasteiger charge is -2.11. The first-order chi connectivity index (χ1) is 9.88. The molecule has 0 atom stereocenters. The molecule has 0 saturated carbocycles. The summed E-state index contributed by atoms with van der Waals surface area (Å²) in [5.74, 6) is -1.69. The molecule has 6 nitrogen and oxygen atoms in total. The third kappa shape index (κ3) is 3.04. The van der Waals surface area contributed by atoms with E-state index in [9.17, 15) is 18.0 Å². The minimum absolute atomic E-state index is 0.133. The number of halogens is 4. The maximum atomic E-state index is 13.0. The molecule has 0 fully saturated rings. The van der Waals surface area contributed by atoms with Gasteiger partial charge in [-0.3, -0.25) is 0 Å². The molecule has 112 valence electrons. The van der Waals surface area contributed by atoms with Crippen LogP contribution in [0.2, 0.25) is 0 Å². The fraction of sp³-hybridized carbons (Fsp3) is 0.273. The van der Waals surface area contributed by atoms with Crippen molar-refractivity contribution in [1.82, 2.24) is 19.7 Å². The lowest BCUT2D eigenvalue weighted by atomic mass is 10.2. The van der Waals surface area contributed by atoms with E-state index in [0.29, 0.717) is 0 Å². The Morgan fingerprint density at radius 1 is 1.48 bits per heavy atom. The molecule has 0 aliphatic heterocycles. The summed E-state index contributed by atoms with van der Waals surface area (Å²) in [7, 11) is 1.10. The maximum absolute atomic E-state index is 13.0. The average molecular weight is 365 g/mol. The molecule has 0 N–H and O–H groups in total. The zero-order chi connectivity index (χ0) is 15.6. The second-order valence-electron chi connectivity index (χ2n) is 3.76. The first-order valence-corrected chi connectivity index (χ1v) is 6.63. The van der Waals surface area contributed by atoms with Gasteiger partial charge in [-0.25, -0.2) is 14.8 Å². The highest BCUT2D eigenvalue weighted by Crippen LogP contribution is 2.32. The van der Waals surface area contributed by atoms with Gasteiger partial charge in [0.15, 0.2) is 11.6 Å². The predicted molar refractivity (Wildman–Crippen MR) is 68.1 cm³/mol. The summed E-state index contributed by atoms with van der Waals surface area (Å²) in [5.41, 5.74) is -1.03. The number of nitrogens with zero attached hydrogens (tertiary/aromatic N) is 4. The van der Waals surface area contributed by atoms with Gasteiger partial charge in [-0.05, 0) is 12.1 Å². The second-order valence-corrected chi connectivity index (χ2v) is 4.32. The quantitative estimate of drug-likeness (QED) is 0.617. The van der Waals surface area contributed by atoms with Gasteiger partial charge >= 0.3 is 12.1 Å². The van der Waals surface area contributed by atoms with E-state index in [1.165, 1.54) is 6.20 Å². The molecule has 2 rings (SSSR count). The smallest absolute Gasteiger partial charge is 0.420 e. The normalized spacial score (nSPS) is 11.5. The van der Waals surface area contributed by atoms with E-state index in [2.05, 4.69) is 35.7 Å². The van der Waals surface area contributed by atoms with Crippen molar-refractivity contribution in [2.75, 3.05) is 7.11 Å². The Labute approximate surface area is 125 Å². The summed E-state index contributed by atoms with van der Waals surface area (Å²) in [5, 5.41) is 4.00. The van der Waals surface area contributed by atoms with Crippen LogP contribution in [-0.2, 0) is 16.2 Å². The molecule has 0 radical (unpaired) electrons. The Hall–Kier alpha value is -1.97. The molecule has 0 bridgehead atoms. The zero-order valence-electron chi connectivity index (χ0n) is 10.6. The molecule has 2 aromatic heterocycles. The number of hydrogen-bond donors (Lipinski definition) is 0. The predicted octanol–water partition coefficient (Wildman–Crippen LogP) is 2.36. The Kier molecular flexibility index (Phi) is 4.26. The minimum Gasteiger partial charge on any atom is -0.463 e. The monoisotopic (exact) mass is 364 g/mol. The van der Waals surface area contributed by atoms with Crippen molar-refractivity contribution in [2.45, 2.75) is 11.5 Å². The molecule has 0 aliphatic carbocycles. The maximum Gasteiger partial charge on any atom is 0.420 e. The molecule has 2 aromatic rings. The minimum atomic E-state index is -4.64. The van der Waals surface area contributed by atoms with Crippen LogP contribution in [0, 0.1) is 0 Å². The fourth-order valence-electron chi connectivity index (χ4n) is 1.57. The van der Waals surface area contributed by atoms with E-state index >= 15 is 0 Å². The van der Waals surface area contributed by atoms with Gasteiger partial charge in [0.2, 0.25) is 5.82 Å². The molecule has 0 saturated heterocycles. The van der Waals surface area contributed by atoms with Crippen molar-refractivity contribution in [2.24, 2.45) is 0 Å². The largest absolute Gasteiger partial charge is 0.463 e. The molecule has 0 aromatic carbocycles. The summed E-state index contributed by atoms with van der Waals surface area (Å²) >= 11 is 3.07. The van der Waals surface area contributed by atoms with Crippen LogP contribution >= 0.6 is 15.9 Å². The lowest BCUT2D eigenvalue weighted by Crippen LogP contribution is -2.17. The zero-order valence-corrected chi connectivity index (χ0v) is 12.1. The molecular weight excluding hydrogens is 357 g/mol. The van der Waals surface area contributed by atoms with Crippen molar-refractivity contribution in [3.8, 4) is 5.82 Å². The summed E-state index contributed by atoms with van der Waals surface area (Å²) in [6.45, 7) is 0. The van der Waals surface area contributed by atoms with E-state index in [1.807, 2.05) is 0 Å². The summed E-state index contributed by atoms with van der Waals surface area (Å²) in [6, 6.07) is 1.99. The number of ether oxygens (including phenoxy) is 1. The highest BCUT2D eigenvalue weighted by molar-refractivity contribution is 9.08. The van der Waals surface area contributed by atoms with Gasteiger partial charge < -0.3 is 4.74 Å². The number of alkyl halides is 4. The third-order valence-electron chi connectivity index (χ3n) is 2.43. The molecule has 10 heteroatoms. The molecule has 21 heavy (non-hydrogen) atoms. The number of aromatic nitrogens is 4. The van der Waals surface area contributed by atoms with Gasteiger partial charge in [0.05, 0.1) is 12.4 Å². The van der Waals surface area contributed by atoms with E-state index in [-0.39, 0.29) is 17.0 Å². The molecule has 2 heterocycles. The standard InChI is InChI=1S/C11H8BrF3N4O2/c1-21-10(20)9-17-7(5-12)18-19(9)8-6(11(13,14)15)3-2-4-16-8/h2-4H,5H2,1H3. The SMILES string of the molecule is COC(=O)c1nc(CBr)nn1-c1ncccc1C(F)(F)F. The second kappa shape index (κ2) is 5.80. The van der Waals surface area contributed by atoms with Crippen LogP contribution in [0.15, 0.2) is 18.3 Å². The average Bonchev–Trinajstić information content (AvgIpc) is 2.89. The van der Waals surface area contributed by atoms with Crippen LogP contribution in [0.4, 0.5) is 13.2 Å². The van der Waals surface area contributed by atoms with Crippen molar-refractivity contribution >= 4 is 21.9 Å². The number of hydrogen-bond acceptors (Lipinski definition) is 5. The molecule has 0 spiro atoms. The van der Waals surface area contributed by atoms with E-state index in [1.54, 1.807) is 0 Å². The lowest BCUT2D eigenvalue weighted by molar-refractivity contribution is -0.137. The number of pyridine rings is 1. The van der Waals surface area contributed by atoms with E-state index < -0.39 is 23.5 Å². The summed E-state index contributed by atoms with van der Waals surface area (Å²) in [6.07, 6.45) is -3.47. The topological polar surface area (TPSA) is 69.9 Å². The van der Waals surface area contributed by atoms with E-state index in [4.69, 9.17) is 0 Å². The van der Waals surface area contributed by atoms with Gasteiger partial charge in [0.25, 0.3) is 0 Å². The van der Waals surface area contributed by atoms with Crippen molar-refractivity contribution in [3.05, 3.63) is 35.5 Å². The van der Waals surface area contributed by atoms with Crippen molar-refractivity contribution in [1.29, 1.82) is 0 Å². The van der Waals surface area contributed by atoms with Crippen LogP contribution in [0.5, 0.6) is 0 Å². The van der Waals surface area contributed by atoms with Crippen LogP contribution in [0.1, 0.15) is 22.0 Å². The highest BCUT2D eigenvalue weighted by atomic mass is 79.9. The molecule has 0 amide bonds. The summed E-state index contributed by atoms with van der Waals surface area (Å²) < 4.78 is 44.3. The number of rotatable bonds is 3. The first-order valence-electron chi connectivity index (χ1n) is 5.51. The number of carbonyl (C=O) groups is 1. The Balaban J connectivity index is 2.67. The van der Waals surface area contributed by atoms with Crippen LogP contribution < -0.4 is 0 Å². The number of methoxy groups -OCH3 is 1. The number of carbonyl (C=O) groups excluding carboxylic acids is 1. The van der Waals surface area contributed by atoms with Crippen LogP contribution in [0.3, 0.4) is 0 Å². The third-order valence-corrected chi connectivity index (χ3v) is 2.93. The van der Waals surface area contributed by atoms with Crippen molar-refractivity contribution < 1.29 is 22.7 Å².